The lowest BCUT2D eigenvalue weighted by Gasteiger charge is -2.37. The predicted octanol–water partition coefficient (Wildman–Crippen LogP) is 5.32. The van der Waals surface area contributed by atoms with Crippen LogP contribution in [0.3, 0.4) is 0 Å². The number of nitrogens with zero attached hydrogens (tertiary/aromatic N) is 3. The zero-order valence-electron chi connectivity index (χ0n) is 17.6. The van der Waals surface area contributed by atoms with Crippen LogP contribution in [0.5, 0.6) is 0 Å². The first-order valence-electron chi connectivity index (χ1n) is 10.3. The van der Waals surface area contributed by atoms with Crippen LogP contribution in [0.1, 0.15) is 54.0 Å². The van der Waals surface area contributed by atoms with Crippen molar-refractivity contribution in [3.05, 3.63) is 64.1 Å². The van der Waals surface area contributed by atoms with Crippen molar-refractivity contribution in [2.45, 2.75) is 52.5 Å². The Bertz CT molecular complexity index is 1130. The van der Waals surface area contributed by atoms with Crippen LogP contribution < -0.4 is 0 Å². The van der Waals surface area contributed by atoms with E-state index in [9.17, 15) is 0 Å². The summed E-state index contributed by atoms with van der Waals surface area (Å²) in [4.78, 5) is 7.23. The Morgan fingerprint density at radius 1 is 1.07 bits per heavy atom. The highest BCUT2D eigenvalue weighted by atomic mass is 15.1. The summed E-state index contributed by atoms with van der Waals surface area (Å²) in [6.45, 7) is 11.1. The Kier molecular flexibility index (Phi) is 3.82. The number of rotatable bonds is 1. The number of fused-ring (bicyclic) bond motifs is 4. The Hall–Kier alpha value is -2.39. The number of hydrogen-bond acceptors (Lipinski definition) is 2. The molecule has 0 amide bonds. The molecule has 0 fully saturated rings. The van der Waals surface area contributed by atoms with Crippen molar-refractivity contribution in [3.8, 4) is 0 Å². The number of hydrogen-bond donors (Lipinski definition) is 0. The lowest BCUT2D eigenvalue weighted by Crippen LogP contribution is -2.40. The minimum atomic E-state index is 0.110. The van der Waals surface area contributed by atoms with Gasteiger partial charge in [0, 0.05) is 52.7 Å². The third-order valence-corrected chi connectivity index (χ3v) is 6.37. The molecule has 3 heteroatoms. The van der Waals surface area contributed by atoms with Crippen LogP contribution in [-0.2, 0) is 18.4 Å². The molecule has 144 valence electrons. The standard InChI is InChI=1S/C25H29N3/c1-16-6-11-23-20(12-16)21-14-27(5)15-25(3,4)24(21)28(23)13-18-8-10-22-19(18)9-7-17(2)26-22/h6-7,9,11-13H,8,10,14-15H2,1-5H3/b18-13+. The quantitative estimate of drug-likeness (QED) is 0.577. The summed E-state index contributed by atoms with van der Waals surface area (Å²) in [5.74, 6) is 0. The third-order valence-electron chi connectivity index (χ3n) is 6.37. The molecule has 2 aliphatic rings. The van der Waals surface area contributed by atoms with Crippen LogP contribution in [0, 0.1) is 13.8 Å². The van der Waals surface area contributed by atoms with E-state index in [0.29, 0.717) is 0 Å². The van der Waals surface area contributed by atoms with Gasteiger partial charge >= 0.3 is 0 Å². The molecule has 3 heterocycles. The van der Waals surface area contributed by atoms with Gasteiger partial charge in [-0.25, -0.2) is 0 Å². The third kappa shape index (κ3) is 2.64. The Labute approximate surface area is 167 Å². The van der Waals surface area contributed by atoms with Crippen molar-refractivity contribution < 1.29 is 0 Å². The first-order chi connectivity index (χ1) is 13.3. The molecule has 1 aliphatic carbocycles. The largest absolute Gasteiger partial charge is 0.319 e. The molecular formula is C25H29N3. The summed E-state index contributed by atoms with van der Waals surface area (Å²) in [5, 5.41) is 1.41. The highest BCUT2D eigenvalue weighted by Gasteiger charge is 2.35. The van der Waals surface area contributed by atoms with Gasteiger partial charge in [-0.3, -0.25) is 4.98 Å². The van der Waals surface area contributed by atoms with E-state index in [0.717, 1.165) is 31.6 Å². The van der Waals surface area contributed by atoms with E-state index in [2.05, 4.69) is 80.7 Å². The van der Waals surface area contributed by atoms with Gasteiger partial charge in [0.15, 0.2) is 0 Å². The van der Waals surface area contributed by atoms with Gasteiger partial charge in [-0.15, -0.1) is 0 Å². The Balaban J connectivity index is 1.78. The number of benzene rings is 1. The van der Waals surface area contributed by atoms with Crippen LogP contribution in [-0.4, -0.2) is 28.0 Å². The molecule has 0 spiro atoms. The minimum Gasteiger partial charge on any atom is -0.319 e. The molecule has 3 nitrogen and oxygen atoms in total. The van der Waals surface area contributed by atoms with Gasteiger partial charge in [0.25, 0.3) is 0 Å². The second kappa shape index (κ2) is 6.05. The van der Waals surface area contributed by atoms with E-state index in [1.807, 2.05) is 0 Å². The summed E-state index contributed by atoms with van der Waals surface area (Å²) >= 11 is 0. The molecule has 0 radical (unpaired) electrons. The average Bonchev–Trinajstić information content (AvgIpc) is 3.14. The van der Waals surface area contributed by atoms with E-state index in [4.69, 9.17) is 4.98 Å². The lowest BCUT2D eigenvalue weighted by molar-refractivity contribution is 0.232. The second-order valence-corrected chi connectivity index (χ2v) is 9.38. The normalized spacial score (nSPS) is 20.0. The molecule has 0 saturated carbocycles. The van der Waals surface area contributed by atoms with E-state index in [-0.39, 0.29) is 5.41 Å². The molecule has 5 rings (SSSR count). The topological polar surface area (TPSA) is 21.1 Å². The van der Waals surface area contributed by atoms with Crippen LogP contribution >= 0.6 is 0 Å². The van der Waals surface area contributed by atoms with Gasteiger partial charge in [-0.2, -0.15) is 0 Å². The van der Waals surface area contributed by atoms with Crippen molar-refractivity contribution in [3.63, 3.8) is 0 Å². The van der Waals surface area contributed by atoms with E-state index < -0.39 is 0 Å². The maximum atomic E-state index is 4.78. The van der Waals surface area contributed by atoms with Crippen molar-refractivity contribution in [1.29, 1.82) is 0 Å². The maximum Gasteiger partial charge on any atom is 0.0529 e. The van der Waals surface area contributed by atoms with Gasteiger partial charge in [-0.05, 0) is 63.1 Å². The molecule has 1 aromatic carbocycles. The van der Waals surface area contributed by atoms with E-state index in [1.165, 1.54) is 44.6 Å². The van der Waals surface area contributed by atoms with Crippen molar-refractivity contribution in [1.82, 2.24) is 14.5 Å². The SMILES string of the molecule is Cc1ccc2c(c1)c1c(n2/C=C2\CCc3nc(C)ccc32)C(C)(C)CN(C)C1. The number of aryl methyl sites for hydroxylation is 3. The molecule has 0 bridgehead atoms. The Morgan fingerprint density at radius 2 is 1.89 bits per heavy atom. The molecule has 0 unspecified atom stereocenters. The van der Waals surface area contributed by atoms with Gasteiger partial charge in [0.1, 0.15) is 0 Å². The zero-order valence-corrected chi connectivity index (χ0v) is 17.6. The summed E-state index contributed by atoms with van der Waals surface area (Å²) in [6, 6.07) is 11.3. The van der Waals surface area contributed by atoms with E-state index in [1.54, 1.807) is 0 Å². The predicted molar refractivity (Wildman–Crippen MR) is 117 cm³/mol. The van der Waals surface area contributed by atoms with Crippen molar-refractivity contribution >= 4 is 22.7 Å². The lowest BCUT2D eigenvalue weighted by atomic mass is 9.82. The van der Waals surface area contributed by atoms with Gasteiger partial charge in [0.2, 0.25) is 0 Å². The Morgan fingerprint density at radius 3 is 2.71 bits per heavy atom. The fourth-order valence-electron chi connectivity index (χ4n) is 5.37. The molecule has 1 aliphatic heterocycles. The average molecular weight is 372 g/mol. The highest BCUT2D eigenvalue weighted by molar-refractivity contribution is 5.91. The van der Waals surface area contributed by atoms with Crippen LogP contribution in [0.4, 0.5) is 0 Å². The molecule has 3 aromatic rings. The minimum absolute atomic E-state index is 0.110. The van der Waals surface area contributed by atoms with Crippen molar-refractivity contribution in [2.75, 3.05) is 13.6 Å². The molecule has 2 aromatic heterocycles. The van der Waals surface area contributed by atoms with Crippen LogP contribution in [0.15, 0.2) is 30.3 Å². The second-order valence-electron chi connectivity index (χ2n) is 9.38. The number of allylic oxidation sites excluding steroid dienone is 1. The summed E-state index contributed by atoms with van der Waals surface area (Å²) < 4.78 is 2.50. The number of aromatic nitrogens is 2. The summed E-state index contributed by atoms with van der Waals surface area (Å²) in [6.07, 6.45) is 4.54. The van der Waals surface area contributed by atoms with E-state index >= 15 is 0 Å². The highest BCUT2D eigenvalue weighted by Crippen LogP contribution is 2.41. The first-order valence-corrected chi connectivity index (χ1v) is 10.3. The summed E-state index contributed by atoms with van der Waals surface area (Å²) in [5.41, 5.74) is 10.9. The van der Waals surface area contributed by atoms with Crippen molar-refractivity contribution in [2.24, 2.45) is 0 Å². The maximum absolute atomic E-state index is 4.78. The number of likely N-dealkylation sites (N-methyl/N-ethyl adjacent to an activating group) is 1. The van der Waals surface area contributed by atoms with Crippen LogP contribution in [0.2, 0.25) is 0 Å². The first kappa shape index (κ1) is 17.7. The molecule has 28 heavy (non-hydrogen) atoms. The number of pyridine rings is 1. The monoisotopic (exact) mass is 371 g/mol. The van der Waals surface area contributed by atoms with Gasteiger partial charge < -0.3 is 9.47 Å². The fourth-order valence-corrected chi connectivity index (χ4v) is 5.37. The van der Waals surface area contributed by atoms with Gasteiger partial charge in [-0.1, -0.05) is 31.5 Å². The summed E-state index contributed by atoms with van der Waals surface area (Å²) in [7, 11) is 2.24. The molecule has 0 N–H and O–H groups in total. The molecule has 0 saturated heterocycles. The fraction of sp³-hybridized carbons (Fsp3) is 0.400. The smallest absolute Gasteiger partial charge is 0.0529 e. The van der Waals surface area contributed by atoms with Gasteiger partial charge in [0.05, 0.1) is 5.52 Å². The van der Waals surface area contributed by atoms with Crippen LogP contribution in [0.25, 0.3) is 22.7 Å². The molecule has 0 atom stereocenters. The molecular weight excluding hydrogens is 342 g/mol. The zero-order chi connectivity index (χ0) is 19.6.